The van der Waals surface area contributed by atoms with Gasteiger partial charge < -0.3 is 14.6 Å². The van der Waals surface area contributed by atoms with E-state index in [1.165, 1.54) is 0 Å². The summed E-state index contributed by atoms with van der Waals surface area (Å²) in [6.07, 6.45) is 0. The molecule has 0 atom stereocenters. The fourth-order valence-corrected chi connectivity index (χ4v) is 2.24. The fraction of sp³-hybridized carbons (Fsp3) is 0.167. The van der Waals surface area contributed by atoms with Crippen LogP contribution in [0.15, 0.2) is 53.1 Å². The Morgan fingerprint density at radius 3 is 2.58 bits per heavy atom. The number of ether oxygens (including phenoxy) is 1. The van der Waals surface area contributed by atoms with E-state index in [2.05, 4.69) is 15.5 Å². The second kappa shape index (κ2) is 6.95. The van der Waals surface area contributed by atoms with Gasteiger partial charge in [-0.3, -0.25) is 4.79 Å². The molecule has 0 radical (unpaired) electrons. The number of para-hydroxylation sites is 1. The lowest BCUT2D eigenvalue weighted by Crippen LogP contribution is -2.13. The number of hydrogen-bond donors (Lipinski definition) is 1. The lowest BCUT2D eigenvalue weighted by molar-refractivity contribution is 0.102. The highest BCUT2D eigenvalue weighted by molar-refractivity contribution is 6.06. The number of carbonyl (C=O) groups excluding carboxylic acids is 1. The van der Waals surface area contributed by atoms with Crippen LogP contribution in [0.1, 0.15) is 23.1 Å². The van der Waals surface area contributed by atoms with Gasteiger partial charge in [0.1, 0.15) is 5.75 Å². The number of carbonyl (C=O) groups is 1. The first-order chi connectivity index (χ1) is 11.7. The fourth-order valence-electron chi connectivity index (χ4n) is 2.24. The molecule has 3 rings (SSSR count). The van der Waals surface area contributed by atoms with E-state index in [-0.39, 0.29) is 5.91 Å². The predicted molar refractivity (Wildman–Crippen MR) is 90.0 cm³/mol. The summed E-state index contributed by atoms with van der Waals surface area (Å²) in [6.45, 7) is 4.15. The third-order valence-electron chi connectivity index (χ3n) is 3.35. The number of amides is 1. The Hall–Kier alpha value is -3.15. The van der Waals surface area contributed by atoms with Gasteiger partial charge in [-0.25, -0.2) is 0 Å². The predicted octanol–water partition coefficient (Wildman–Crippen LogP) is 3.70. The summed E-state index contributed by atoms with van der Waals surface area (Å²) in [6, 6.07) is 14.4. The molecule has 0 saturated carbocycles. The Balaban J connectivity index is 1.75. The van der Waals surface area contributed by atoms with E-state index in [4.69, 9.17) is 9.26 Å². The normalized spacial score (nSPS) is 10.4. The maximum atomic E-state index is 12.4. The molecule has 1 amide bonds. The second-order valence-electron chi connectivity index (χ2n) is 5.11. The average Bonchev–Trinajstić information content (AvgIpc) is 3.03. The van der Waals surface area contributed by atoms with Crippen molar-refractivity contribution in [3.63, 3.8) is 0 Å². The number of benzene rings is 2. The van der Waals surface area contributed by atoms with Crippen LogP contribution in [0, 0.1) is 6.92 Å². The lowest BCUT2D eigenvalue weighted by atomic mass is 10.1. The van der Waals surface area contributed by atoms with Crippen LogP contribution < -0.4 is 10.1 Å². The molecule has 0 fully saturated rings. The van der Waals surface area contributed by atoms with Crippen LogP contribution in [-0.4, -0.2) is 22.7 Å². The van der Waals surface area contributed by atoms with Gasteiger partial charge in [-0.15, -0.1) is 0 Å². The zero-order chi connectivity index (χ0) is 16.9. The number of rotatable bonds is 5. The van der Waals surface area contributed by atoms with Crippen molar-refractivity contribution in [2.75, 3.05) is 11.9 Å². The monoisotopic (exact) mass is 323 g/mol. The van der Waals surface area contributed by atoms with Crippen molar-refractivity contribution < 1.29 is 14.1 Å². The van der Waals surface area contributed by atoms with Gasteiger partial charge in [-0.2, -0.15) is 4.98 Å². The molecule has 0 aliphatic rings. The zero-order valence-corrected chi connectivity index (χ0v) is 13.4. The van der Waals surface area contributed by atoms with E-state index < -0.39 is 0 Å². The van der Waals surface area contributed by atoms with Crippen LogP contribution in [0.25, 0.3) is 11.5 Å². The minimum atomic E-state index is -0.222. The maximum Gasteiger partial charge on any atom is 0.259 e. The smallest absolute Gasteiger partial charge is 0.259 e. The Bertz CT molecular complexity index is 841. The molecular formula is C18H17N3O3. The maximum absolute atomic E-state index is 12.4. The number of nitrogens with zero attached hydrogens (tertiary/aromatic N) is 2. The highest BCUT2D eigenvalue weighted by Crippen LogP contribution is 2.22. The molecule has 6 nitrogen and oxygen atoms in total. The van der Waals surface area contributed by atoms with Gasteiger partial charge >= 0.3 is 0 Å². The number of nitrogens with one attached hydrogen (secondary N) is 1. The summed E-state index contributed by atoms with van der Waals surface area (Å²) in [5, 5.41) is 6.62. The summed E-state index contributed by atoms with van der Waals surface area (Å²) in [5.41, 5.74) is 1.96. The molecule has 0 aliphatic heterocycles. The van der Waals surface area contributed by atoms with Gasteiger partial charge in [0.05, 0.1) is 12.2 Å². The van der Waals surface area contributed by atoms with E-state index in [9.17, 15) is 4.79 Å². The first-order valence-corrected chi connectivity index (χ1v) is 7.61. The molecule has 0 aliphatic carbocycles. The summed E-state index contributed by atoms with van der Waals surface area (Å²) in [5.74, 6) is 1.37. The standard InChI is InChI=1S/C18H17N3O3/c1-3-23-16-7-5-4-6-15(16)17(22)20-14-10-8-13(9-11-14)18-19-12(2)21-24-18/h4-11H,3H2,1-2H3,(H,20,22). The largest absolute Gasteiger partial charge is 0.493 e. The molecular weight excluding hydrogens is 306 g/mol. The van der Waals surface area contributed by atoms with Crippen molar-refractivity contribution in [3.8, 4) is 17.2 Å². The highest BCUT2D eigenvalue weighted by Gasteiger charge is 2.12. The molecule has 1 N–H and O–H groups in total. The van der Waals surface area contributed by atoms with E-state index in [1.54, 1.807) is 37.3 Å². The van der Waals surface area contributed by atoms with Crippen molar-refractivity contribution in [2.24, 2.45) is 0 Å². The molecule has 3 aromatic rings. The topological polar surface area (TPSA) is 77.2 Å². The minimum Gasteiger partial charge on any atom is -0.493 e. The molecule has 0 bridgehead atoms. The van der Waals surface area contributed by atoms with Crippen LogP contribution in [0.4, 0.5) is 5.69 Å². The van der Waals surface area contributed by atoms with Crippen LogP contribution >= 0.6 is 0 Å². The van der Waals surface area contributed by atoms with E-state index in [1.807, 2.05) is 25.1 Å². The molecule has 2 aromatic carbocycles. The SMILES string of the molecule is CCOc1ccccc1C(=O)Nc1ccc(-c2nc(C)no2)cc1. The van der Waals surface area contributed by atoms with E-state index in [0.29, 0.717) is 35.3 Å². The van der Waals surface area contributed by atoms with Gasteiger partial charge in [0.25, 0.3) is 11.8 Å². The third-order valence-corrected chi connectivity index (χ3v) is 3.35. The van der Waals surface area contributed by atoms with Crippen molar-refractivity contribution in [1.82, 2.24) is 10.1 Å². The van der Waals surface area contributed by atoms with Gasteiger partial charge in [-0.1, -0.05) is 17.3 Å². The number of aryl methyl sites for hydroxylation is 1. The van der Waals surface area contributed by atoms with Crippen LogP contribution in [0.5, 0.6) is 5.75 Å². The van der Waals surface area contributed by atoms with Crippen LogP contribution in [0.3, 0.4) is 0 Å². The van der Waals surface area contributed by atoms with Crippen molar-refractivity contribution in [1.29, 1.82) is 0 Å². The number of hydrogen-bond acceptors (Lipinski definition) is 5. The molecule has 6 heteroatoms. The van der Waals surface area contributed by atoms with Gasteiger partial charge in [-0.05, 0) is 50.2 Å². The first-order valence-electron chi connectivity index (χ1n) is 7.61. The summed E-state index contributed by atoms with van der Waals surface area (Å²) in [4.78, 5) is 16.6. The molecule has 0 spiro atoms. The van der Waals surface area contributed by atoms with Gasteiger partial charge in [0.2, 0.25) is 0 Å². The summed E-state index contributed by atoms with van der Waals surface area (Å²) >= 11 is 0. The van der Waals surface area contributed by atoms with E-state index in [0.717, 1.165) is 5.56 Å². The Kier molecular flexibility index (Phi) is 4.56. The number of aromatic nitrogens is 2. The minimum absolute atomic E-state index is 0.222. The first kappa shape index (κ1) is 15.7. The molecule has 122 valence electrons. The molecule has 0 saturated heterocycles. The molecule has 0 unspecified atom stereocenters. The second-order valence-corrected chi connectivity index (χ2v) is 5.11. The van der Waals surface area contributed by atoms with Crippen LogP contribution in [0.2, 0.25) is 0 Å². The highest BCUT2D eigenvalue weighted by atomic mass is 16.5. The summed E-state index contributed by atoms with van der Waals surface area (Å²) < 4.78 is 10.6. The molecule has 1 heterocycles. The third kappa shape index (κ3) is 3.43. The van der Waals surface area contributed by atoms with Crippen molar-refractivity contribution >= 4 is 11.6 Å². The van der Waals surface area contributed by atoms with Gasteiger partial charge in [0.15, 0.2) is 5.82 Å². The van der Waals surface area contributed by atoms with Crippen LogP contribution in [-0.2, 0) is 0 Å². The Labute approximate surface area is 139 Å². The van der Waals surface area contributed by atoms with E-state index >= 15 is 0 Å². The summed E-state index contributed by atoms with van der Waals surface area (Å²) in [7, 11) is 0. The Morgan fingerprint density at radius 1 is 1.17 bits per heavy atom. The Morgan fingerprint density at radius 2 is 1.92 bits per heavy atom. The average molecular weight is 323 g/mol. The molecule has 24 heavy (non-hydrogen) atoms. The number of anilines is 1. The quantitative estimate of drug-likeness (QED) is 0.774. The lowest BCUT2D eigenvalue weighted by Gasteiger charge is -2.10. The van der Waals surface area contributed by atoms with Gasteiger partial charge in [0, 0.05) is 11.3 Å². The van der Waals surface area contributed by atoms with Crippen molar-refractivity contribution in [2.45, 2.75) is 13.8 Å². The zero-order valence-electron chi connectivity index (χ0n) is 13.4. The van der Waals surface area contributed by atoms with Crippen molar-refractivity contribution in [3.05, 3.63) is 59.9 Å². The molecule has 1 aromatic heterocycles.